The first kappa shape index (κ1) is 14.0. The van der Waals surface area contributed by atoms with E-state index in [2.05, 4.69) is 6.92 Å². The van der Waals surface area contributed by atoms with Gasteiger partial charge < -0.3 is 9.84 Å². The molecule has 1 rings (SSSR count). The second-order valence-corrected chi connectivity index (χ2v) is 5.15. The first-order valence-electron chi connectivity index (χ1n) is 7.08. The molecule has 1 fully saturated rings. The van der Waals surface area contributed by atoms with Gasteiger partial charge in [-0.15, -0.1) is 0 Å². The second kappa shape index (κ2) is 9.00. The molecule has 1 aliphatic heterocycles. The Labute approximate surface area is 100 Å². The minimum absolute atomic E-state index is 0.0651. The monoisotopic (exact) mass is 228 g/mol. The van der Waals surface area contributed by atoms with Gasteiger partial charge in [-0.25, -0.2) is 0 Å². The highest BCUT2D eigenvalue weighted by Gasteiger charge is 2.17. The highest BCUT2D eigenvalue weighted by molar-refractivity contribution is 4.68. The zero-order valence-corrected chi connectivity index (χ0v) is 10.8. The molecule has 1 N–H and O–H groups in total. The summed E-state index contributed by atoms with van der Waals surface area (Å²) >= 11 is 0. The fourth-order valence-electron chi connectivity index (χ4n) is 2.47. The third kappa shape index (κ3) is 6.49. The van der Waals surface area contributed by atoms with Gasteiger partial charge in [0.1, 0.15) is 0 Å². The van der Waals surface area contributed by atoms with Gasteiger partial charge in [-0.1, -0.05) is 39.0 Å². The minimum atomic E-state index is -0.0651. The van der Waals surface area contributed by atoms with E-state index in [1.54, 1.807) is 0 Å². The molecule has 2 nitrogen and oxygen atoms in total. The van der Waals surface area contributed by atoms with Gasteiger partial charge in [-0.2, -0.15) is 0 Å². The van der Waals surface area contributed by atoms with Crippen LogP contribution >= 0.6 is 0 Å². The van der Waals surface area contributed by atoms with Gasteiger partial charge in [-0.05, 0) is 31.6 Å². The lowest BCUT2D eigenvalue weighted by atomic mass is 9.92. The Kier molecular flexibility index (Phi) is 7.87. The average molecular weight is 228 g/mol. The maximum Gasteiger partial charge on any atom is 0.0543 e. The van der Waals surface area contributed by atoms with Gasteiger partial charge in [-0.3, -0.25) is 0 Å². The first-order valence-corrected chi connectivity index (χ1v) is 7.08. The molecule has 0 bridgehead atoms. The maximum atomic E-state index is 9.92. The zero-order valence-electron chi connectivity index (χ0n) is 10.8. The summed E-state index contributed by atoms with van der Waals surface area (Å²) in [6.07, 6.45) is 10.7. The summed E-state index contributed by atoms with van der Waals surface area (Å²) in [4.78, 5) is 0. The highest BCUT2D eigenvalue weighted by Crippen LogP contribution is 2.22. The van der Waals surface area contributed by atoms with Crippen molar-refractivity contribution in [1.82, 2.24) is 0 Å². The lowest BCUT2D eigenvalue weighted by molar-refractivity contribution is 0.0415. The Balaban J connectivity index is 1.95. The largest absolute Gasteiger partial charge is 0.393 e. The number of aliphatic hydroxyl groups excluding tert-OH is 1. The zero-order chi connectivity index (χ0) is 11.6. The van der Waals surface area contributed by atoms with E-state index in [1.165, 1.54) is 32.1 Å². The van der Waals surface area contributed by atoms with Crippen molar-refractivity contribution in [2.45, 2.75) is 70.8 Å². The molecule has 0 radical (unpaired) electrons. The van der Waals surface area contributed by atoms with Crippen LogP contribution in [0, 0.1) is 5.92 Å². The Morgan fingerprint density at radius 2 is 1.81 bits per heavy atom. The summed E-state index contributed by atoms with van der Waals surface area (Å²) in [6.45, 7) is 4.03. The summed E-state index contributed by atoms with van der Waals surface area (Å²) in [6, 6.07) is 0. The van der Waals surface area contributed by atoms with Crippen LogP contribution in [0.3, 0.4) is 0 Å². The Morgan fingerprint density at radius 3 is 2.50 bits per heavy atom. The standard InChI is InChI=1S/C14H28O2/c1-2-3-4-5-6-7-14(15)12-13-8-10-16-11-9-13/h13-15H,2-12H2,1H3. The molecular formula is C14H28O2. The molecule has 1 unspecified atom stereocenters. The topological polar surface area (TPSA) is 29.5 Å². The minimum Gasteiger partial charge on any atom is -0.393 e. The van der Waals surface area contributed by atoms with E-state index in [4.69, 9.17) is 4.74 Å². The molecule has 96 valence electrons. The van der Waals surface area contributed by atoms with Crippen LogP contribution in [0.5, 0.6) is 0 Å². The number of unbranched alkanes of at least 4 members (excludes halogenated alkanes) is 4. The molecule has 2 heteroatoms. The van der Waals surface area contributed by atoms with E-state index < -0.39 is 0 Å². The van der Waals surface area contributed by atoms with Gasteiger partial charge in [0.05, 0.1) is 6.10 Å². The predicted octanol–water partition coefficient (Wildman–Crippen LogP) is 3.52. The number of aliphatic hydroxyl groups is 1. The van der Waals surface area contributed by atoms with Crippen LogP contribution in [0.4, 0.5) is 0 Å². The van der Waals surface area contributed by atoms with Crippen molar-refractivity contribution in [1.29, 1.82) is 0 Å². The molecule has 1 heterocycles. The Bertz CT molecular complexity index is 153. The van der Waals surface area contributed by atoms with Gasteiger partial charge in [0, 0.05) is 13.2 Å². The summed E-state index contributed by atoms with van der Waals surface area (Å²) in [5.41, 5.74) is 0. The van der Waals surface area contributed by atoms with Crippen LogP contribution in [0.2, 0.25) is 0 Å². The van der Waals surface area contributed by atoms with Crippen molar-refractivity contribution in [3.8, 4) is 0 Å². The molecule has 0 aromatic rings. The molecule has 1 saturated heterocycles. The van der Waals surface area contributed by atoms with Crippen molar-refractivity contribution < 1.29 is 9.84 Å². The smallest absolute Gasteiger partial charge is 0.0543 e. The quantitative estimate of drug-likeness (QED) is 0.644. The molecule has 0 aromatic heterocycles. The molecule has 1 atom stereocenters. The second-order valence-electron chi connectivity index (χ2n) is 5.15. The molecular weight excluding hydrogens is 200 g/mol. The van der Waals surface area contributed by atoms with E-state index >= 15 is 0 Å². The third-order valence-corrected chi connectivity index (χ3v) is 3.59. The van der Waals surface area contributed by atoms with Gasteiger partial charge in [0.25, 0.3) is 0 Å². The van der Waals surface area contributed by atoms with Crippen LogP contribution in [0.25, 0.3) is 0 Å². The Hall–Kier alpha value is -0.0800. The summed E-state index contributed by atoms with van der Waals surface area (Å²) in [7, 11) is 0. The predicted molar refractivity (Wildman–Crippen MR) is 67.5 cm³/mol. The molecule has 0 amide bonds. The Morgan fingerprint density at radius 1 is 1.12 bits per heavy atom. The first-order chi connectivity index (χ1) is 7.83. The third-order valence-electron chi connectivity index (χ3n) is 3.59. The SMILES string of the molecule is CCCCCCCC(O)CC1CCOCC1. The van der Waals surface area contributed by atoms with Crippen LogP contribution in [-0.2, 0) is 4.74 Å². The number of ether oxygens (including phenoxy) is 1. The van der Waals surface area contributed by atoms with Crippen LogP contribution in [0.1, 0.15) is 64.7 Å². The van der Waals surface area contributed by atoms with Crippen LogP contribution in [0.15, 0.2) is 0 Å². The molecule has 0 aromatic carbocycles. The summed E-state index contributed by atoms with van der Waals surface area (Å²) in [5.74, 6) is 0.708. The average Bonchev–Trinajstić information content (AvgIpc) is 2.30. The molecule has 0 spiro atoms. The molecule has 0 aliphatic carbocycles. The van der Waals surface area contributed by atoms with Crippen LogP contribution in [-0.4, -0.2) is 24.4 Å². The van der Waals surface area contributed by atoms with Crippen molar-refractivity contribution >= 4 is 0 Å². The van der Waals surface area contributed by atoms with Crippen molar-refractivity contribution in [3.05, 3.63) is 0 Å². The van der Waals surface area contributed by atoms with Crippen molar-refractivity contribution in [2.24, 2.45) is 5.92 Å². The van der Waals surface area contributed by atoms with E-state index in [9.17, 15) is 5.11 Å². The fraction of sp³-hybridized carbons (Fsp3) is 1.00. The molecule has 16 heavy (non-hydrogen) atoms. The molecule has 0 saturated carbocycles. The van der Waals surface area contributed by atoms with E-state index in [0.717, 1.165) is 38.9 Å². The fourth-order valence-corrected chi connectivity index (χ4v) is 2.47. The van der Waals surface area contributed by atoms with E-state index in [0.29, 0.717) is 5.92 Å². The van der Waals surface area contributed by atoms with Crippen molar-refractivity contribution in [2.75, 3.05) is 13.2 Å². The summed E-state index contributed by atoms with van der Waals surface area (Å²) < 4.78 is 5.33. The normalized spacial score (nSPS) is 19.9. The van der Waals surface area contributed by atoms with Gasteiger partial charge in [0.15, 0.2) is 0 Å². The van der Waals surface area contributed by atoms with E-state index in [-0.39, 0.29) is 6.10 Å². The van der Waals surface area contributed by atoms with Gasteiger partial charge in [0.2, 0.25) is 0 Å². The van der Waals surface area contributed by atoms with Crippen molar-refractivity contribution in [3.63, 3.8) is 0 Å². The van der Waals surface area contributed by atoms with E-state index in [1.807, 2.05) is 0 Å². The van der Waals surface area contributed by atoms with Crippen LogP contribution < -0.4 is 0 Å². The lowest BCUT2D eigenvalue weighted by Gasteiger charge is -2.24. The number of hydrogen-bond acceptors (Lipinski definition) is 2. The lowest BCUT2D eigenvalue weighted by Crippen LogP contribution is -2.20. The highest BCUT2D eigenvalue weighted by atomic mass is 16.5. The molecule has 1 aliphatic rings. The summed E-state index contributed by atoms with van der Waals surface area (Å²) in [5, 5.41) is 9.92. The number of rotatable bonds is 8. The maximum absolute atomic E-state index is 9.92. The van der Waals surface area contributed by atoms with Gasteiger partial charge >= 0.3 is 0 Å². The number of hydrogen-bond donors (Lipinski definition) is 1.